The highest BCUT2D eigenvalue weighted by molar-refractivity contribution is 6.99. The molecule has 2 aromatic rings. The van der Waals surface area contributed by atoms with Crippen LogP contribution in [0, 0.1) is 0 Å². The lowest BCUT2D eigenvalue weighted by molar-refractivity contribution is 0.155. The Morgan fingerprint density at radius 3 is 1.88 bits per heavy atom. The SMILES string of the molecule is CC(C)(C)[Si](OC1CCCNC1)(c1ccccc1)c1ccccc1. The van der Waals surface area contributed by atoms with Crippen LogP contribution in [0.4, 0.5) is 0 Å². The van der Waals surface area contributed by atoms with Crippen LogP contribution in [0.2, 0.25) is 5.04 Å². The molecule has 128 valence electrons. The van der Waals surface area contributed by atoms with Crippen LogP contribution in [0.5, 0.6) is 0 Å². The summed E-state index contributed by atoms with van der Waals surface area (Å²) in [5.74, 6) is 0. The van der Waals surface area contributed by atoms with E-state index in [1.165, 1.54) is 16.8 Å². The highest BCUT2D eigenvalue weighted by atomic mass is 28.4. The smallest absolute Gasteiger partial charge is 0.261 e. The fourth-order valence-electron chi connectivity index (χ4n) is 3.86. The molecular weight excluding hydrogens is 310 g/mol. The van der Waals surface area contributed by atoms with Crippen LogP contribution < -0.4 is 15.7 Å². The lowest BCUT2D eigenvalue weighted by Crippen LogP contribution is -2.68. The van der Waals surface area contributed by atoms with E-state index in [1.54, 1.807) is 0 Å². The Hall–Kier alpha value is -1.42. The zero-order valence-electron chi connectivity index (χ0n) is 15.1. The molecule has 0 aromatic heterocycles. The molecule has 3 rings (SSSR count). The van der Waals surface area contributed by atoms with Crippen molar-refractivity contribution in [3.8, 4) is 0 Å². The molecule has 0 spiro atoms. The number of hydrogen-bond acceptors (Lipinski definition) is 2. The maximum Gasteiger partial charge on any atom is 0.261 e. The van der Waals surface area contributed by atoms with Gasteiger partial charge in [-0.1, -0.05) is 81.4 Å². The molecule has 1 aliphatic heterocycles. The predicted molar refractivity (Wildman–Crippen MR) is 105 cm³/mol. The largest absolute Gasteiger partial charge is 0.403 e. The molecule has 0 amide bonds. The van der Waals surface area contributed by atoms with Crippen LogP contribution in [-0.2, 0) is 4.43 Å². The number of nitrogens with one attached hydrogen (secondary N) is 1. The van der Waals surface area contributed by atoms with Gasteiger partial charge in [0.15, 0.2) is 0 Å². The molecule has 2 nitrogen and oxygen atoms in total. The molecule has 0 aliphatic carbocycles. The summed E-state index contributed by atoms with van der Waals surface area (Å²) in [4.78, 5) is 0. The van der Waals surface area contributed by atoms with E-state index in [9.17, 15) is 0 Å². The molecule has 24 heavy (non-hydrogen) atoms. The van der Waals surface area contributed by atoms with E-state index < -0.39 is 8.32 Å². The first kappa shape index (κ1) is 17.4. The monoisotopic (exact) mass is 339 g/mol. The fraction of sp³-hybridized carbons (Fsp3) is 0.429. The molecule has 3 heteroatoms. The summed E-state index contributed by atoms with van der Waals surface area (Å²) in [6.07, 6.45) is 2.64. The van der Waals surface area contributed by atoms with Crippen LogP contribution in [-0.4, -0.2) is 27.5 Å². The minimum atomic E-state index is -2.38. The molecule has 1 saturated heterocycles. The van der Waals surface area contributed by atoms with Gasteiger partial charge in [0.2, 0.25) is 0 Å². The molecular formula is C21H29NOSi. The van der Waals surface area contributed by atoms with Gasteiger partial charge in [-0.2, -0.15) is 0 Å². The lowest BCUT2D eigenvalue weighted by Gasteiger charge is -2.45. The maximum atomic E-state index is 7.09. The summed E-state index contributed by atoms with van der Waals surface area (Å²) in [7, 11) is -2.38. The number of rotatable bonds is 4. The van der Waals surface area contributed by atoms with E-state index in [-0.39, 0.29) is 5.04 Å². The van der Waals surface area contributed by atoms with Gasteiger partial charge in [0.25, 0.3) is 8.32 Å². The Labute approximate surface area is 147 Å². The third kappa shape index (κ3) is 3.34. The molecule has 0 saturated carbocycles. The van der Waals surface area contributed by atoms with E-state index in [2.05, 4.69) is 86.8 Å². The van der Waals surface area contributed by atoms with E-state index >= 15 is 0 Å². The highest BCUT2D eigenvalue weighted by Crippen LogP contribution is 2.38. The first-order valence-electron chi connectivity index (χ1n) is 9.03. The topological polar surface area (TPSA) is 21.3 Å². The second-order valence-corrected chi connectivity index (χ2v) is 12.0. The fourth-order valence-corrected chi connectivity index (χ4v) is 8.58. The molecule has 0 radical (unpaired) electrons. The Morgan fingerprint density at radius 2 is 1.46 bits per heavy atom. The second-order valence-electron chi connectivity index (χ2n) is 7.75. The number of hydrogen-bond donors (Lipinski definition) is 1. The second kappa shape index (κ2) is 7.22. The Bertz CT molecular complexity index is 590. The van der Waals surface area contributed by atoms with Gasteiger partial charge in [-0.3, -0.25) is 0 Å². The summed E-state index contributed by atoms with van der Waals surface area (Å²) in [6.45, 7) is 9.10. The minimum absolute atomic E-state index is 0.0627. The predicted octanol–water partition coefficient (Wildman–Crippen LogP) is 3.32. The highest BCUT2D eigenvalue weighted by Gasteiger charge is 2.51. The maximum absolute atomic E-state index is 7.09. The van der Waals surface area contributed by atoms with Gasteiger partial charge in [-0.05, 0) is 34.8 Å². The molecule has 2 aromatic carbocycles. The molecule has 1 unspecified atom stereocenters. The quantitative estimate of drug-likeness (QED) is 0.863. The summed E-state index contributed by atoms with van der Waals surface area (Å²) >= 11 is 0. The van der Waals surface area contributed by atoms with Gasteiger partial charge in [0, 0.05) is 6.54 Å². The van der Waals surface area contributed by atoms with Gasteiger partial charge in [0.1, 0.15) is 0 Å². The summed E-state index contributed by atoms with van der Waals surface area (Å²) in [6, 6.07) is 21.8. The van der Waals surface area contributed by atoms with Gasteiger partial charge in [0.05, 0.1) is 6.10 Å². The van der Waals surface area contributed by atoms with Crippen molar-refractivity contribution in [2.24, 2.45) is 0 Å². The summed E-state index contributed by atoms with van der Waals surface area (Å²) in [5, 5.41) is 6.31. The van der Waals surface area contributed by atoms with Crippen molar-refractivity contribution < 1.29 is 4.43 Å². The Kier molecular flexibility index (Phi) is 5.23. The lowest BCUT2D eigenvalue weighted by atomic mass is 10.1. The van der Waals surface area contributed by atoms with Crippen molar-refractivity contribution in [1.29, 1.82) is 0 Å². The molecule has 1 heterocycles. The Morgan fingerprint density at radius 1 is 0.917 bits per heavy atom. The molecule has 1 aliphatic rings. The summed E-state index contributed by atoms with van der Waals surface area (Å²) in [5.41, 5.74) is 0. The van der Waals surface area contributed by atoms with E-state index in [0.29, 0.717) is 6.10 Å². The van der Waals surface area contributed by atoms with Crippen molar-refractivity contribution in [2.75, 3.05) is 13.1 Å². The van der Waals surface area contributed by atoms with Crippen LogP contribution in [0.1, 0.15) is 33.6 Å². The average Bonchev–Trinajstić information content (AvgIpc) is 2.61. The standard InChI is InChI=1S/C21H29NOSi/c1-21(2,3)24(19-12-6-4-7-13-19,20-14-8-5-9-15-20)23-18-11-10-16-22-17-18/h4-9,12-15,18,22H,10-11,16-17H2,1-3H3. The number of benzene rings is 2. The third-order valence-electron chi connectivity index (χ3n) is 5.01. The van der Waals surface area contributed by atoms with Crippen LogP contribution in [0.25, 0.3) is 0 Å². The van der Waals surface area contributed by atoms with Gasteiger partial charge in [-0.15, -0.1) is 0 Å². The van der Waals surface area contributed by atoms with Crippen LogP contribution in [0.15, 0.2) is 60.7 Å². The molecule has 1 atom stereocenters. The van der Waals surface area contributed by atoms with Gasteiger partial charge >= 0.3 is 0 Å². The van der Waals surface area contributed by atoms with Crippen LogP contribution >= 0.6 is 0 Å². The third-order valence-corrected chi connectivity index (χ3v) is 10.1. The molecule has 0 bridgehead atoms. The van der Waals surface area contributed by atoms with E-state index in [4.69, 9.17) is 4.43 Å². The zero-order valence-corrected chi connectivity index (χ0v) is 16.1. The van der Waals surface area contributed by atoms with E-state index in [0.717, 1.165) is 19.5 Å². The normalized spacial score (nSPS) is 19.2. The van der Waals surface area contributed by atoms with Gasteiger partial charge < -0.3 is 9.74 Å². The average molecular weight is 340 g/mol. The first-order valence-corrected chi connectivity index (χ1v) is 10.9. The minimum Gasteiger partial charge on any atom is -0.403 e. The van der Waals surface area contributed by atoms with Crippen LogP contribution in [0.3, 0.4) is 0 Å². The summed E-state index contributed by atoms with van der Waals surface area (Å²) < 4.78 is 7.09. The van der Waals surface area contributed by atoms with Crippen molar-refractivity contribution in [3.05, 3.63) is 60.7 Å². The van der Waals surface area contributed by atoms with Crippen molar-refractivity contribution >= 4 is 18.7 Å². The van der Waals surface area contributed by atoms with Crippen molar-refractivity contribution in [3.63, 3.8) is 0 Å². The zero-order chi connectivity index (χ0) is 17.0. The Balaban J connectivity index is 2.13. The number of piperidine rings is 1. The molecule has 1 fully saturated rings. The van der Waals surface area contributed by atoms with Crippen molar-refractivity contribution in [2.45, 2.75) is 44.8 Å². The first-order chi connectivity index (χ1) is 11.5. The van der Waals surface area contributed by atoms with Gasteiger partial charge in [-0.25, -0.2) is 0 Å². The van der Waals surface area contributed by atoms with E-state index in [1.807, 2.05) is 0 Å². The van der Waals surface area contributed by atoms with Crippen molar-refractivity contribution in [1.82, 2.24) is 5.32 Å². The molecule has 1 N–H and O–H groups in total.